The predicted molar refractivity (Wildman–Crippen MR) is 73.3 cm³/mol. The van der Waals surface area contributed by atoms with E-state index < -0.39 is 0 Å². The van der Waals surface area contributed by atoms with Crippen LogP contribution in [-0.2, 0) is 13.6 Å². The van der Waals surface area contributed by atoms with Gasteiger partial charge in [0.1, 0.15) is 0 Å². The van der Waals surface area contributed by atoms with Gasteiger partial charge in [-0.25, -0.2) is 0 Å². The van der Waals surface area contributed by atoms with Crippen molar-refractivity contribution in [2.45, 2.75) is 33.4 Å². The minimum atomic E-state index is 0.519. The van der Waals surface area contributed by atoms with E-state index in [0.29, 0.717) is 12.0 Å². The highest BCUT2D eigenvalue weighted by Crippen LogP contribution is 2.19. The number of hydrogen-bond acceptors (Lipinski definition) is 3. The molecule has 0 spiro atoms. The molecule has 4 nitrogen and oxygen atoms in total. The van der Waals surface area contributed by atoms with Crippen LogP contribution in [0.1, 0.15) is 25.1 Å². The van der Waals surface area contributed by atoms with E-state index in [-0.39, 0.29) is 0 Å². The van der Waals surface area contributed by atoms with E-state index in [1.165, 1.54) is 5.56 Å². The van der Waals surface area contributed by atoms with Crippen LogP contribution in [-0.4, -0.2) is 26.7 Å². The minimum absolute atomic E-state index is 0.519. The van der Waals surface area contributed by atoms with Gasteiger partial charge in [0, 0.05) is 30.6 Å². The maximum absolute atomic E-state index is 4.63. The quantitative estimate of drug-likeness (QED) is 0.874. The highest BCUT2D eigenvalue weighted by Gasteiger charge is 2.20. The molecule has 0 saturated carbocycles. The number of hydrogen-bond donors (Lipinski definition) is 1. The van der Waals surface area contributed by atoms with Crippen molar-refractivity contribution in [1.29, 1.82) is 0 Å². The average Bonchev–Trinajstić information content (AvgIpc) is 2.59. The molecular formula is C12H20N4S. The average molecular weight is 252 g/mol. The van der Waals surface area contributed by atoms with Gasteiger partial charge in [0.15, 0.2) is 5.17 Å². The highest BCUT2D eigenvalue weighted by molar-refractivity contribution is 8.13. The summed E-state index contributed by atoms with van der Waals surface area (Å²) in [7, 11) is 1.95. The molecule has 1 aliphatic rings. The summed E-state index contributed by atoms with van der Waals surface area (Å²) in [4.78, 5) is 4.63. The van der Waals surface area contributed by atoms with Gasteiger partial charge >= 0.3 is 0 Å². The molecule has 1 fully saturated rings. The Labute approximate surface area is 107 Å². The van der Waals surface area contributed by atoms with Crippen molar-refractivity contribution in [2.75, 3.05) is 5.75 Å². The van der Waals surface area contributed by atoms with E-state index in [1.807, 2.05) is 36.6 Å². The van der Waals surface area contributed by atoms with Gasteiger partial charge in [0.25, 0.3) is 0 Å². The first-order chi connectivity index (χ1) is 8.06. The molecule has 0 amide bonds. The zero-order chi connectivity index (χ0) is 12.4. The lowest BCUT2D eigenvalue weighted by Crippen LogP contribution is -2.41. The molecule has 1 aromatic rings. The summed E-state index contributed by atoms with van der Waals surface area (Å²) in [6.45, 7) is 7.24. The summed E-state index contributed by atoms with van der Waals surface area (Å²) in [5, 5.41) is 8.84. The molecule has 0 aromatic carbocycles. The number of aliphatic imine (C=N–C) groups is 1. The van der Waals surface area contributed by atoms with Crippen molar-refractivity contribution >= 4 is 16.9 Å². The fourth-order valence-electron chi connectivity index (χ4n) is 1.79. The second kappa shape index (κ2) is 5.12. The fraction of sp³-hybridized carbons (Fsp3) is 0.667. The van der Waals surface area contributed by atoms with Crippen LogP contribution in [0.15, 0.2) is 11.2 Å². The van der Waals surface area contributed by atoms with Crippen LogP contribution in [0.2, 0.25) is 0 Å². The van der Waals surface area contributed by atoms with Gasteiger partial charge < -0.3 is 5.32 Å². The second-order valence-corrected chi connectivity index (χ2v) is 5.76. The van der Waals surface area contributed by atoms with Gasteiger partial charge in [0.2, 0.25) is 0 Å². The van der Waals surface area contributed by atoms with E-state index in [2.05, 4.69) is 29.3 Å². The maximum atomic E-state index is 4.63. The van der Waals surface area contributed by atoms with Gasteiger partial charge in [-0.3, -0.25) is 9.67 Å². The van der Waals surface area contributed by atoms with Crippen LogP contribution in [0.5, 0.6) is 0 Å². The van der Waals surface area contributed by atoms with Gasteiger partial charge in [-0.05, 0) is 19.8 Å². The summed E-state index contributed by atoms with van der Waals surface area (Å²) in [6.07, 6.45) is 2.04. The Hall–Kier alpha value is -0.970. The van der Waals surface area contributed by atoms with E-state index in [9.17, 15) is 0 Å². The van der Waals surface area contributed by atoms with Crippen molar-refractivity contribution in [3.63, 3.8) is 0 Å². The van der Waals surface area contributed by atoms with Crippen molar-refractivity contribution in [2.24, 2.45) is 18.0 Å². The zero-order valence-electron chi connectivity index (χ0n) is 10.9. The van der Waals surface area contributed by atoms with Crippen molar-refractivity contribution < 1.29 is 0 Å². The number of aryl methyl sites for hydroxylation is 2. The lowest BCUT2D eigenvalue weighted by atomic mass is 10.1. The van der Waals surface area contributed by atoms with Crippen LogP contribution < -0.4 is 5.32 Å². The summed E-state index contributed by atoms with van der Waals surface area (Å²) in [5.41, 5.74) is 2.27. The summed E-state index contributed by atoms with van der Waals surface area (Å²) >= 11 is 1.82. The normalized spacial score (nSPS) is 27.2. The molecule has 2 atom stereocenters. The Bertz CT molecular complexity index is 424. The van der Waals surface area contributed by atoms with E-state index in [4.69, 9.17) is 0 Å². The van der Waals surface area contributed by atoms with Crippen LogP contribution >= 0.6 is 11.8 Å². The van der Waals surface area contributed by atoms with E-state index in [1.54, 1.807) is 0 Å². The Morgan fingerprint density at radius 1 is 1.59 bits per heavy atom. The van der Waals surface area contributed by atoms with Crippen molar-refractivity contribution in [3.8, 4) is 0 Å². The minimum Gasteiger partial charge on any atom is -0.362 e. The molecule has 2 unspecified atom stereocenters. The van der Waals surface area contributed by atoms with Crippen LogP contribution in [0.25, 0.3) is 0 Å². The van der Waals surface area contributed by atoms with Gasteiger partial charge in [-0.15, -0.1) is 0 Å². The molecule has 17 heavy (non-hydrogen) atoms. The zero-order valence-corrected chi connectivity index (χ0v) is 11.7. The predicted octanol–water partition coefficient (Wildman–Crippen LogP) is 1.95. The molecule has 2 heterocycles. The Morgan fingerprint density at radius 3 is 2.94 bits per heavy atom. The van der Waals surface area contributed by atoms with Crippen molar-refractivity contribution in [3.05, 3.63) is 17.5 Å². The second-order valence-electron chi connectivity index (χ2n) is 4.76. The highest BCUT2D eigenvalue weighted by atomic mass is 32.2. The molecule has 94 valence electrons. The smallest absolute Gasteiger partial charge is 0.157 e. The first-order valence-corrected chi connectivity index (χ1v) is 6.97. The summed E-state index contributed by atoms with van der Waals surface area (Å²) in [6, 6.07) is 0.519. The first-order valence-electron chi connectivity index (χ1n) is 5.99. The number of aromatic nitrogens is 2. The first kappa shape index (κ1) is 12.5. The van der Waals surface area contributed by atoms with E-state index in [0.717, 1.165) is 23.2 Å². The largest absolute Gasteiger partial charge is 0.362 e. The standard InChI is InChI=1S/C12H20N4S/c1-8-7-17-12(14-9(8)2)13-5-11-6-16(4)15-10(11)3/h6,8-9H,5,7H2,1-4H3,(H,13,14). The SMILES string of the molecule is Cc1nn(C)cc1CN=C1NC(C)C(C)CS1. The number of rotatable bonds is 2. The Kier molecular flexibility index (Phi) is 3.76. The van der Waals surface area contributed by atoms with Gasteiger partial charge in [-0.1, -0.05) is 18.7 Å². The molecule has 0 bridgehead atoms. The number of nitrogens with one attached hydrogen (secondary N) is 1. The molecule has 2 rings (SSSR count). The van der Waals surface area contributed by atoms with Crippen LogP contribution in [0, 0.1) is 12.8 Å². The Morgan fingerprint density at radius 2 is 2.35 bits per heavy atom. The van der Waals surface area contributed by atoms with Crippen LogP contribution in [0.4, 0.5) is 0 Å². The Balaban J connectivity index is 1.99. The third kappa shape index (κ3) is 3.03. The maximum Gasteiger partial charge on any atom is 0.157 e. The van der Waals surface area contributed by atoms with Crippen LogP contribution in [0.3, 0.4) is 0 Å². The molecule has 0 radical (unpaired) electrons. The van der Waals surface area contributed by atoms with Crippen molar-refractivity contribution in [1.82, 2.24) is 15.1 Å². The summed E-state index contributed by atoms with van der Waals surface area (Å²) in [5.74, 6) is 1.86. The molecular weight excluding hydrogens is 232 g/mol. The number of thioether (sulfide) groups is 1. The fourth-order valence-corrected chi connectivity index (χ4v) is 2.92. The molecule has 1 aliphatic heterocycles. The lowest BCUT2D eigenvalue weighted by Gasteiger charge is -2.28. The monoisotopic (exact) mass is 252 g/mol. The lowest BCUT2D eigenvalue weighted by molar-refractivity contribution is 0.490. The summed E-state index contributed by atoms with van der Waals surface area (Å²) < 4.78 is 1.84. The number of nitrogens with zero attached hydrogens (tertiary/aromatic N) is 3. The molecule has 5 heteroatoms. The van der Waals surface area contributed by atoms with Gasteiger partial charge in [0.05, 0.1) is 12.2 Å². The third-order valence-electron chi connectivity index (χ3n) is 3.20. The molecule has 0 aliphatic carbocycles. The molecule has 1 N–H and O–H groups in total. The van der Waals surface area contributed by atoms with Gasteiger partial charge in [-0.2, -0.15) is 5.10 Å². The third-order valence-corrected chi connectivity index (χ3v) is 4.41. The van der Waals surface area contributed by atoms with E-state index >= 15 is 0 Å². The topological polar surface area (TPSA) is 42.2 Å². The molecule has 1 saturated heterocycles. The number of amidine groups is 1. The molecule has 1 aromatic heterocycles.